The second kappa shape index (κ2) is 10.7. The molecule has 2 heterocycles. The summed E-state index contributed by atoms with van der Waals surface area (Å²) in [6.45, 7) is 5.88. The van der Waals surface area contributed by atoms with Crippen molar-refractivity contribution in [1.82, 2.24) is 9.80 Å². The van der Waals surface area contributed by atoms with Crippen LogP contribution in [0.25, 0.3) is 0 Å². The minimum Gasteiger partial charge on any atom is -0.493 e. The van der Waals surface area contributed by atoms with Crippen molar-refractivity contribution in [3.05, 3.63) is 65.7 Å². The molecule has 2 atom stereocenters. The van der Waals surface area contributed by atoms with E-state index in [-0.39, 0.29) is 17.7 Å². The Hall–Kier alpha value is -2.82. The molecule has 2 aromatic carbocycles. The summed E-state index contributed by atoms with van der Waals surface area (Å²) in [5, 5.41) is 0. The highest BCUT2D eigenvalue weighted by Crippen LogP contribution is 2.26. The lowest BCUT2D eigenvalue weighted by molar-refractivity contribution is -0.135. The Bertz CT molecular complexity index is 908. The molecular formula is C27H34N2O3. The minimum absolute atomic E-state index is 0.0795. The van der Waals surface area contributed by atoms with Crippen LogP contribution < -0.4 is 4.74 Å². The van der Waals surface area contributed by atoms with Crippen LogP contribution in [0.2, 0.25) is 0 Å². The molecule has 0 radical (unpaired) electrons. The molecule has 0 unspecified atom stereocenters. The van der Waals surface area contributed by atoms with Gasteiger partial charge in [0.1, 0.15) is 5.75 Å². The molecule has 2 saturated heterocycles. The van der Waals surface area contributed by atoms with Crippen molar-refractivity contribution in [1.29, 1.82) is 0 Å². The zero-order chi connectivity index (χ0) is 22.3. The maximum atomic E-state index is 13.2. The maximum absolute atomic E-state index is 13.2. The summed E-state index contributed by atoms with van der Waals surface area (Å²) in [6.07, 6.45) is 5.03. The summed E-state index contributed by atoms with van der Waals surface area (Å²) in [4.78, 5) is 29.8. The molecule has 170 valence electrons. The van der Waals surface area contributed by atoms with Gasteiger partial charge in [-0.2, -0.15) is 0 Å². The monoisotopic (exact) mass is 434 g/mol. The molecule has 2 amide bonds. The molecular weight excluding hydrogens is 400 g/mol. The molecule has 5 nitrogen and oxygen atoms in total. The zero-order valence-electron chi connectivity index (χ0n) is 19.0. The topological polar surface area (TPSA) is 49.9 Å². The van der Waals surface area contributed by atoms with E-state index in [4.69, 9.17) is 4.74 Å². The van der Waals surface area contributed by atoms with Crippen molar-refractivity contribution in [3.63, 3.8) is 0 Å². The summed E-state index contributed by atoms with van der Waals surface area (Å²) in [5.41, 5.74) is 1.79. The number of carbonyl (C=O) groups is 2. The number of piperidine rings is 1. The first-order valence-corrected chi connectivity index (χ1v) is 12.0. The van der Waals surface area contributed by atoms with E-state index in [1.807, 2.05) is 64.4 Å². The fourth-order valence-electron chi connectivity index (χ4n) is 4.90. The van der Waals surface area contributed by atoms with Gasteiger partial charge in [0, 0.05) is 37.7 Å². The quantitative estimate of drug-likeness (QED) is 0.633. The molecule has 2 aliphatic heterocycles. The molecule has 4 rings (SSSR count). The summed E-state index contributed by atoms with van der Waals surface area (Å²) < 4.78 is 6.09. The Labute approximate surface area is 191 Å². The largest absolute Gasteiger partial charge is 0.493 e. The lowest BCUT2D eigenvalue weighted by Gasteiger charge is -2.35. The van der Waals surface area contributed by atoms with E-state index < -0.39 is 0 Å². The molecule has 0 bridgehead atoms. The van der Waals surface area contributed by atoms with Gasteiger partial charge in [0.15, 0.2) is 0 Å². The van der Waals surface area contributed by atoms with Crippen LogP contribution in [0.3, 0.4) is 0 Å². The lowest BCUT2D eigenvalue weighted by atomic mass is 9.92. The van der Waals surface area contributed by atoms with Gasteiger partial charge in [-0.05, 0) is 55.9 Å². The van der Waals surface area contributed by atoms with Crippen LogP contribution in [-0.4, -0.2) is 54.4 Å². The molecule has 2 aromatic rings. The van der Waals surface area contributed by atoms with Crippen molar-refractivity contribution in [2.45, 2.75) is 44.9 Å². The van der Waals surface area contributed by atoms with E-state index in [1.54, 1.807) is 0 Å². The van der Waals surface area contributed by atoms with Crippen LogP contribution in [0.5, 0.6) is 5.75 Å². The Balaban J connectivity index is 1.34. The highest BCUT2D eigenvalue weighted by molar-refractivity contribution is 5.94. The second-order valence-corrected chi connectivity index (χ2v) is 9.00. The van der Waals surface area contributed by atoms with Crippen molar-refractivity contribution >= 4 is 11.8 Å². The van der Waals surface area contributed by atoms with Gasteiger partial charge in [-0.3, -0.25) is 9.59 Å². The van der Waals surface area contributed by atoms with Crippen LogP contribution in [0.15, 0.2) is 54.6 Å². The molecule has 0 aliphatic carbocycles. The van der Waals surface area contributed by atoms with E-state index in [2.05, 4.69) is 6.92 Å². The van der Waals surface area contributed by atoms with E-state index in [9.17, 15) is 9.59 Å². The third-order valence-electron chi connectivity index (χ3n) is 6.70. The molecule has 0 aromatic heterocycles. The van der Waals surface area contributed by atoms with Gasteiger partial charge in [0.05, 0.1) is 12.5 Å². The number of likely N-dealkylation sites (tertiary alicyclic amines) is 2. The Kier molecular flexibility index (Phi) is 7.46. The molecule has 0 saturated carbocycles. The van der Waals surface area contributed by atoms with Gasteiger partial charge < -0.3 is 14.5 Å². The summed E-state index contributed by atoms with van der Waals surface area (Å²) in [7, 11) is 0. The van der Waals surface area contributed by atoms with E-state index >= 15 is 0 Å². The SMILES string of the molecule is CC[C@@H](C(=O)N1CCC[C@H](COc2cccc(C(=O)N3CCCC3)c2)C1)c1ccccc1. The van der Waals surface area contributed by atoms with Crippen LogP contribution in [0.4, 0.5) is 0 Å². The predicted octanol–water partition coefficient (Wildman–Crippen LogP) is 4.73. The molecule has 0 spiro atoms. The number of hydrogen-bond donors (Lipinski definition) is 0. The van der Waals surface area contributed by atoms with Gasteiger partial charge in [0.25, 0.3) is 5.91 Å². The Morgan fingerprint density at radius 2 is 1.72 bits per heavy atom. The van der Waals surface area contributed by atoms with Crippen LogP contribution >= 0.6 is 0 Å². The van der Waals surface area contributed by atoms with E-state index in [1.165, 1.54) is 0 Å². The number of rotatable bonds is 7. The minimum atomic E-state index is -0.0795. The normalized spacial score (nSPS) is 19.6. The van der Waals surface area contributed by atoms with Crippen molar-refractivity contribution in [2.75, 3.05) is 32.8 Å². The lowest BCUT2D eigenvalue weighted by Crippen LogP contribution is -2.43. The smallest absolute Gasteiger partial charge is 0.253 e. The van der Waals surface area contributed by atoms with Crippen molar-refractivity contribution < 1.29 is 14.3 Å². The highest BCUT2D eigenvalue weighted by Gasteiger charge is 2.29. The molecule has 2 aliphatic rings. The average Bonchev–Trinajstić information content (AvgIpc) is 3.39. The average molecular weight is 435 g/mol. The number of benzene rings is 2. The zero-order valence-corrected chi connectivity index (χ0v) is 19.0. The predicted molar refractivity (Wildman–Crippen MR) is 126 cm³/mol. The van der Waals surface area contributed by atoms with Gasteiger partial charge in [-0.25, -0.2) is 0 Å². The fraction of sp³-hybridized carbons (Fsp3) is 0.481. The number of carbonyl (C=O) groups excluding carboxylic acids is 2. The molecule has 32 heavy (non-hydrogen) atoms. The Morgan fingerprint density at radius 3 is 2.47 bits per heavy atom. The van der Waals surface area contributed by atoms with Crippen LogP contribution in [-0.2, 0) is 4.79 Å². The molecule has 0 N–H and O–H groups in total. The fourth-order valence-corrected chi connectivity index (χ4v) is 4.90. The third-order valence-corrected chi connectivity index (χ3v) is 6.70. The standard InChI is InChI=1S/C27H34N2O3/c1-2-25(22-11-4-3-5-12-22)27(31)29-17-9-10-21(19-29)20-32-24-14-8-13-23(18-24)26(30)28-15-6-7-16-28/h3-5,8,11-14,18,21,25H,2,6-7,9-10,15-17,19-20H2,1H3/t21-,25+/m0/s1. The second-order valence-electron chi connectivity index (χ2n) is 9.00. The first-order valence-electron chi connectivity index (χ1n) is 12.0. The first kappa shape index (κ1) is 22.4. The van der Waals surface area contributed by atoms with Gasteiger partial charge in [-0.15, -0.1) is 0 Å². The van der Waals surface area contributed by atoms with Gasteiger partial charge in [-0.1, -0.05) is 43.3 Å². The third kappa shape index (κ3) is 5.32. The summed E-state index contributed by atoms with van der Waals surface area (Å²) in [6, 6.07) is 17.6. The summed E-state index contributed by atoms with van der Waals surface area (Å²) >= 11 is 0. The number of hydrogen-bond acceptors (Lipinski definition) is 3. The number of amides is 2. The number of ether oxygens (including phenoxy) is 1. The molecule has 2 fully saturated rings. The first-order chi connectivity index (χ1) is 15.7. The molecule has 5 heteroatoms. The van der Waals surface area contributed by atoms with Crippen LogP contribution in [0.1, 0.15) is 60.9 Å². The van der Waals surface area contributed by atoms with E-state index in [0.29, 0.717) is 18.1 Å². The Morgan fingerprint density at radius 1 is 0.969 bits per heavy atom. The van der Waals surface area contributed by atoms with Crippen molar-refractivity contribution in [2.24, 2.45) is 5.92 Å². The van der Waals surface area contributed by atoms with Crippen LogP contribution in [0, 0.1) is 5.92 Å². The van der Waals surface area contributed by atoms with Gasteiger partial charge >= 0.3 is 0 Å². The summed E-state index contributed by atoms with van der Waals surface area (Å²) in [5.74, 6) is 1.27. The van der Waals surface area contributed by atoms with Gasteiger partial charge in [0.2, 0.25) is 5.91 Å². The number of nitrogens with zero attached hydrogens (tertiary/aromatic N) is 2. The maximum Gasteiger partial charge on any atom is 0.253 e. The van der Waals surface area contributed by atoms with E-state index in [0.717, 1.165) is 69.6 Å². The van der Waals surface area contributed by atoms with Crippen molar-refractivity contribution in [3.8, 4) is 5.75 Å². The highest BCUT2D eigenvalue weighted by atomic mass is 16.5.